The number of rotatable bonds is 2. The molecule has 0 spiro atoms. The molecule has 21 heteroatoms. The molecule has 0 heterocycles. The molecule has 1 atom stereocenters. The Morgan fingerprint density at radius 1 is 0.318 bits per heavy atom. The van der Waals surface area contributed by atoms with Crippen LogP contribution in [-0.2, 0) is 17.1 Å². The summed E-state index contributed by atoms with van der Waals surface area (Å²) in [4.78, 5) is 0. The van der Waals surface area contributed by atoms with Crippen LogP contribution in [0.2, 0.25) is 0 Å². The van der Waals surface area contributed by atoms with Crippen LogP contribution in [0.25, 0.3) is 11.1 Å². The molecule has 0 N–H and O–H groups in total. The van der Waals surface area contributed by atoms with E-state index in [-0.39, 0.29) is 0 Å². The standard InChI is InChI=1S/C23BF20/c25-7-1-2-4(10(28)16(34)14(32)8(2)26)19(37,3(1)9(27)15(33)13(7)31)24-20(38)5-6(12(30)18(36)17(35)11(5)29)21(39,40)23(43,44)22(20,41)42. The average molecular weight is 667 g/mol. The van der Waals surface area contributed by atoms with E-state index in [1.54, 1.807) is 0 Å². The van der Waals surface area contributed by atoms with Crippen LogP contribution < -0.4 is 0 Å². The molecule has 235 valence electrons. The van der Waals surface area contributed by atoms with Crippen LogP contribution in [0.3, 0.4) is 0 Å². The number of benzene rings is 3. The fourth-order valence-electron chi connectivity index (χ4n) is 5.13. The summed E-state index contributed by atoms with van der Waals surface area (Å²) in [5, 5.41) is 0. The summed E-state index contributed by atoms with van der Waals surface area (Å²) >= 11 is 0. The van der Waals surface area contributed by atoms with Gasteiger partial charge >= 0.3 is 17.8 Å². The molecule has 3 aromatic rings. The van der Waals surface area contributed by atoms with Gasteiger partial charge in [-0.2, -0.15) is 26.3 Å². The average Bonchev–Trinajstić information content (AvgIpc) is 3.20. The maximum Gasteiger partial charge on any atom is 0.379 e. The first-order valence-electron chi connectivity index (χ1n) is 10.9. The fraction of sp³-hybridized carbons (Fsp3) is 0.217. The van der Waals surface area contributed by atoms with Gasteiger partial charge in [0.25, 0.3) is 0 Å². The second kappa shape index (κ2) is 8.73. The van der Waals surface area contributed by atoms with Crippen LogP contribution in [0.4, 0.5) is 87.8 Å². The van der Waals surface area contributed by atoms with Crippen molar-refractivity contribution in [3.8, 4) is 11.1 Å². The van der Waals surface area contributed by atoms with E-state index >= 15 is 17.6 Å². The largest absolute Gasteiger partial charge is 0.379 e. The number of fused-ring (bicyclic) bond motifs is 4. The van der Waals surface area contributed by atoms with Crippen LogP contribution in [0.15, 0.2) is 0 Å². The second-order valence-electron chi connectivity index (χ2n) is 9.31. The Morgan fingerprint density at radius 3 is 0.977 bits per heavy atom. The zero-order valence-electron chi connectivity index (χ0n) is 19.6. The Kier molecular flexibility index (Phi) is 6.30. The van der Waals surface area contributed by atoms with Gasteiger partial charge in [-0.15, -0.1) is 0 Å². The highest BCUT2D eigenvalue weighted by molar-refractivity contribution is 6.46. The smallest absolute Gasteiger partial charge is 0.244 e. The van der Waals surface area contributed by atoms with Crippen molar-refractivity contribution in [3.05, 3.63) is 92.1 Å². The van der Waals surface area contributed by atoms with Gasteiger partial charge in [-0.05, 0) is 0 Å². The van der Waals surface area contributed by atoms with Gasteiger partial charge in [0.15, 0.2) is 75.4 Å². The minimum atomic E-state index is -7.49. The van der Waals surface area contributed by atoms with Gasteiger partial charge in [0.05, 0.1) is 5.56 Å². The molecule has 2 aliphatic carbocycles. The predicted molar refractivity (Wildman–Crippen MR) is 102 cm³/mol. The number of halogens is 20. The molecule has 2 aliphatic rings. The first-order valence-corrected chi connectivity index (χ1v) is 10.9. The highest BCUT2D eigenvalue weighted by Crippen LogP contribution is 2.67. The molecular weight excluding hydrogens is 667 g/mol. The van der Waals surface area contributed by atoms with Crippen LogP contribution in [0.5, 0.6) is 0 Å². The summed E-state index contributed by atoms with van der Waals surface area (Å²) in [6, 6.07) is 0. The van der Waals surface area contributed by atoms with Crippen molar-refractivity contribution in [3.63, 3.8) is 0 Å². The zero-order valence-corrected chi connectivity index (χ0v) is 19.6. The number of alkyl halides is 8. The minimum absolute atomic E-state index is 2.10. The molecule has 0 saturated carbocycles. The minimum Gasteiger partial charge on any atom is -0.244 e. The lowest BCUT2D eigenvalue weighted by Gasteiger charge is -2.48. The molecular formula is C23BF20. The summed E-state index contributed by atoms with van der Waals surface area (Å²) in [6.45, 7) is 0. The third-order valence-electron chi connectivity index (χ3n) is 7.10. The summed E-state index contributed by atoms with van der Waals surface area (Å²) in [5.74, 6) is -61.8. The van der Waals surface area contributed by atoms with Crippen LogP contribution in [0.1, 0.15) is 22.3 Å². The number of hydrogen-bond acceptors (Lipinski definition) is 0. The highest BCUT2D eigenvalue weighted by Gasteiger charge is 2.86. The molecule has 0 bridgehead atoms. The van der Waals surface area contributed by atoms with E-state index < -0.39 is 139 Å². The van der Waals surface area contributed by atoms with Gasteiger partial charge in [-0.1, -0.05) is 0 Å². The SMILES string of the molecule is Fc1c(F)c(F)c2c(c1F)-c1c(F)c(F)c(F)c(F)c1C2(F)[B]C1(F)c2c(F)c(F)c(F)c(F)c2C(F)(F)C(F)(F)C1(F)F. The van der Waals surface area contributed by atoms with E-state index in [0.717, 1.165) is 0 Å². The first kappa shape index (κ1) is 31.7. The van der Waals surface area contributed by atoms with Crippen molar-refractivity contribution in [2.45, 2.75) is 28.9 Å². The monoisotopic (exact) mass is 667 g/mol. The molecule has 44 heavy (non-hydrogen) atoms. The highest BCUT2D eigenvalue weighted by atomic mass is 19.3. The van der Waals surface area contributed by atoms with Gasteiger partial charge in [-0.25, -0.2) is 61.5 Å². The lowest BCUT2D eigenvalue weighted by atomic mass is 9.42. The maximum atomic E-state index is 16.7. The molecule has 0 saturated heterocycles. The summed E-state index contributed by atoms with van der Waals surface area (Å²) in [7, 11) is -2.10. The van der Waals surface area contributed by atoms with E-state index in [1.807, 2.05) is 0 Å². The molecule has 0 amide bonds. The molecule has 0 aliphatic heterocycles. The van der Waals surface area contributed by atoms with Crippen molar-refractivity contribution in [2.24, 2.45) is 0 Å². The summed E-state index contributed by atoms with van der Waals surface area (Å²) in [6.07, 6.45) is 0. The van der Waals surface area contributed by atoms with E-state index in [2.05, 4.69) is 0 Å². The maximum absolute atomic E-state index is 16.7. The van der Waals surface area contributed by atoms with E-state index in [4.69, 9.17) is 0 Å². The molecule has 1 unspecified atom stereocenters. The van der Waals surface area contributed by atoms with Gasteiger partial charge in [0, 0.05) is 27.8 Å². The Morgan fingerprint density at radius 2 is 0.614 bits per heavy atom. The van der Waals surface area contributed by atoms with Crippen molar-refractivity contribution in [1.29, 1.82) is 0 Å². The molecule has 0 aromatic heterocycles. The molecule has 0 nitrogen and oxygen atoms in total. The summed E-state index contributed by atoms with van der Waals surface area (Å²) in [5.41, 5.74) is -31.0. The van der Waals surface area contributed by atoms with Crippen LogP contribution in [0, 0.1) is 69.8 Å². The lowest BCUT2D eigenvalue weighted by Crippen LogP contribution is -2.69. The van der Waals surface area contributed by atoms with Gasteiger partial charge < -0.3 is 0 Å². The zero-order chi connectivity index (χ0) is 33.6. The number of hydrogen-bond donors (Lipinski definition) is 0. The van der Waals surface area contributed by atoms with Crippen LogP contribution >= 0.6 is 0 Å². The molecule has 3 aromatic carbocycles. The Bertz CT molecular complexity index is 1760. The van der Waals surface area contributed by atoms with Crippen molar-refractivity contribution in [2.75, 3.05) is 0 Å². The first-order chi connectivity index (χ1) is 19.9. The van der Waals surface area contributed by atoms with E-state index in [1.165, 1.54) is 0 Å². The quantitative estimate of drug-likeness (QED) is 0.112. The molecule has 1 radical (unpaired) electrons. The summed E-state index contributed by atoms with van der Waals surface area (Å²) < 4.78 is 293. The topological polar surface area (TPSA) is 0 Å². The Balaban J connectivity index is 2.01. The lowest BCUT2D eigenvalue weighted by molar-refractivity contribution is -0.351. The van der Waals surface area contributed by atoms with Crippen LogP contribution in [-0.4, -0.2) is 19.1 Å². The van der Waals surface area contributed by atoms with E-state index in [0.29, 0.717) is 0 Å². The third kappa shape index (κ3) is 3.19. The third-order valence-corrected chi connectivity index (χ3v) is 7.10. The van der Waals surface area contributed by atoms with Gasteiger partial charge in [0.1, 0.15) is 5.57 Å². The normalized spacial score (nSPS) is 22.0. The molecule has 0 fully saturated rings. The van der Waals surface area contributed by atoms with E-state index in [9.17, 15) is 70.2 Å². The van der Waals surface area contributed by atoms with Gasteiger partial charge in [-0.3, -0.25) is 0 Å². The van der Waals surface area contributed by atoms with Crippen molar-refractivity contribution in [1.82, 2.24) is 0 Å². The predicted octanol–water partition coefficient (Wildman–Crippen LogP) is 8.41. The fourth-order valence-corrected chi connectivity index (χ4v) is 5.13. The van der Waals surface area contributed by atoms with Crippen molar-refractivity contribution >= 4 is 7.28 Å². The van der Waals surface area contributed by atoms with Gasteiger partial charge in [0.2, 0.25) is 7.28 Å². The molecule has 5 rings (SSSR count). The second-order valence-corrected chi connectivity index (χ2v) is 9.31. The Hall–Kier alpha value is -3.68. The Labute approximate surface area is 228 Å². The van der Waals surface area contributed by atoms with Crippen molar-refractivity contribution < 1.29 is 87.8 Å².